The van der Waals surface area contributed by atoms with Gasteiger partial charge in [-0.25, -0.2) is 9.78 Å². The fourth-order valence-electron chi connectivity index (χ4n) is 2.44. The number of amides is 1. The highest BCUT2D eigenvalue weighted by atomic mass is 32.1. The zero-order chi connectivity index (χ0) is 21.2. The average molecular weight is 438 g/mol. The summed E-state index contributed by atoms with van der Waals surface area (Å²) in [5.41, 5.74) is 0.668. The van der Waals surface area contributed by atoms with Crippen molar-refractivity contribution >= 4 is 40.5 Å². The van der Waals surface area contributed by atoms with Crippen LogP contribution in [0.15, 0.2) is 22.5 Å². The van der Waals surface area contributed by atoms with Crippen molar-refractivity contribution < 1.29 is 14.3 Å². The first-order valence-corrected chi connectivity index (χ1v) is 11.1. The van der Waals surface area contributed by atoms with Gasteiger partial charge in [-0.05, 0) is 38.6 Å². The van der Waals surface area contributed by atoms with Gasteiger partial charge in [-0.2, -0.15) is 0 Å². The average Bonchev–Trinajstić information content (AvgIpc) is 3.36. The van der Waals surface area contributed by atoms with Gasteiger partial charge in [0, 0.05) is 20.1 Å². The lowest BCUT2D eigenvalue weighted by molar-refractivity contribution is 0.0531. The van der Waals surface area contributed by atoms with Crippen LogP contribution < -0.4 is 16.0 Å². The molecule has 2 aromatic heterocycles. The number of nitrogens with one attached hydrogen (secondary N) is 3. The van der Waals surface area contributed by atoms with E-state index in [-0.39, 0.29) is 17.9 Å². The molecule has 2 heterocycles. The molecule has 8 nitrogen and oxygen atoms in total. The molecule has 1 atom stereocenters. The minimum atomic E-state index is -0.340. The number of carbonyl (C=O) groups excluding carboxylic acids is 2. The lowest BCUT2D eigenvalue weighted by Crippen LogP contribution is -2.40. The number of aromatic nitrogens is 1. The van der Waals surface area contributed by atoms with Crippen LogP contribution in [-0.2, 0) is 4.74 Å². The number of aliphatic imine (C=N–C) groups is 1. The van der Waals surface area contributed by atoms with Gasteiger partial charge in [-0.3, -0.25) is 9.79 Å². The van der Waals surface area contributed by atoms with E-state index in [0.717, 1.165) is 11.4 Å². The summed E-state index contributed by atoms with van der Waals surface area (Å²) < 4.78 is 5.07. The molecule has 0 aliphatic carbocycles. The van der Waals surface area contributed by atoms with Gasteiger partial charge in [-0.1, -0.05) is 6.07 Å². The third kappa shape index (κ3) is 6.82. The maximum absolute atomic E-state index is 12.0. The Hall–Kier alpha value is -2.46. The maximum atomic E-state index is 12.0. The molecule has 1 unspecified atom stereocenters. The first-order valence-electron chi connectivity index (χ1n) is 9.39. The van der Waals surface area contributed by atoms with E-state index in [4.69, 9.17) is 4.74 Å². The molecule has 0 saturated carbocycles. The summed E-state index contributed by atoms with van der Waals surface area (Å²) in [6, 6.07) is 3.54. The predicted octanol–water partition coefficient (Wildman–Crippen LogP) is 2.74. The van der Waals surface area contributed by atoms with Crippen LogP contribution in [0.25, 0.3) is 0 Å². The summed E-state index contributed by atoms with van der Waals surface area (Å²) in [6.07, 6.45) is 0.759. The summed E-state index contributed by atoms with van der Waals surface area (Å²) in [5, 5.41) is 12.0. The van der Waals surface area contributed by atoms with E-state index in [1.807, 2.05) is 18.4 Å². The van der Waals surface area contributed by atoms with Crippen molar-refractivity contribution in [3.63, 3.8) is 0 Å². The molecular formula is C19H27N5O3S2. The van der Waals surface area contributed by atoms with Crippen molar-refractivity contribution in [2.24, 2.45) is 4.99 Å². The van der Waals surface area contributed by atoms with E-state index in [0.29, 0.717) is 41.1 Å². The van der Waals surface area contributed by atoms with Gasteiger partial charge >= 0.3 is 5.97 Å². The fourth-order valence-corrected chi connectivity index (χ4v) is 4.05. The maximum Gasteiger partial charge on any atom is 0.350 e. The molecule has 29 heavy (non-hydrogen) atoms. The van der Waals surface area contributed by atoms with E-state index in [9.17, 15) is 9.59 Å². The molecule has 10 heteroatoms. The number of hydrogen-bond acceptors (Lipinski definition) is 7. The number of esters is 1. The van der Waals surface area contributed by atoms with E-state index >= 15 is 0 Å². The second kappa shape index (κ2) is 11.5. The van der Waals surface area contributed by atoms with Crippen molar-refractivity contribution in [3.05, 3.63) is 38.0 Å². The molecule has 0 aromatic carbocycles. The largest absolute Gasteiger partial charge is 0.462 e. The van der Waals surface area contributed by atoms with E-state index in [1.165, 1.54) is 22.7 Å². The number of rotatable bonds is 9. The summed E-state index contributed by atoms with van der Waals surface area (Å²) in [7, 11) is 1.69. The Labute approximate surface area is 178 Å². The van der Waals surface area contributed by atoms with Crippen molar-refractivity contribution in [2.45, 2.75) is 33.2 Å². The SMILES string of the molecule is CCOC(=O)c1sc(C(C)NC(=NC)NCCCNC(=O)c2cccs2)nc1C. The predicted molar refractivity (Wildman–Crippen MR) is 117 cm³/mol. The summed E-state index contributed by atoms with van der Waals surface area (Å²) >= 11 is 2.75. The molecule has 0 aliphatic heterocycles. The van der Waals surface area contributed by atoms with Crippen molar-refractivity contribution in [3.8, 4) is 0 Å². The molecule has 0 bridgehead atoms. The second-order valence-corrected chi connectivity index (χ2v) is 8.12. The minimum Gasteiger partial charge on any atom is -0.462 e. The molecule has 2 rings (SSSR count). The van der Waals surface area contributed by atoms with Crippen molar-refractivity contribution in [2.75, 3.05) is 26.7 Å². The van der Waals surface area contributed by atoms with Gasteiger partial charge in [0.1, 0.15) is 9.88 Å². The lowest BCUT2D eigenvalue weighted by Gasteiger charge is -2.16. The van der Waals surface area contributed by atoms with Crippen LogP contribution in [0.4, 0.5) is 0 Å². The highest BCUT2D eigenvalue weighted by Gasteiger charge is 2.20. The number of hydrogen-bond donors (Lipinski definition) is 3. The van der Waals surface area contributed by atoms with Gasteiger partial charge in [0.05, 0.1) is 23.2 Å². The van der Waals surface area contributed by atoms with Crippen LogP contribution in [0.5, 0.6) is 0 Å². The van der Waals surface area contributed by atoms with Crippen LogP contribution in [0, 0.1) is 6.92 Å². The highest BCUT2D eigenvalue weighted by Crippen LogP contribution is 2.24. The Morgan fingerprint density at radius 1 is 1.31 bits per heavy atom. The van der Waals surface area contributed by atoms with Crippen LogP contribution in [0.1, 0.15) is 56.4 Å². The first kappa shape index (κ1) is 22.8. The Morgan fingerprint density at radius 2 is 2.07 bits per heavy atom. The third-order valence-corrected chi connectivity index (χ3v) is 6.09. The normalized spacial score (nSPS) is 12.3. The van der Waals surface area contributed by atoms with Crippen LogP contribution in [0.3, 0.4) is 0 Å². The molecule has 0 aliphatic rings. The smallest absolute Gasteiger partial charge is 0.350 e. The zero-order valence-electron chi connectivity index (χ0n) is 17.1. The van der Waals surface area contributed by atoms with Crippen molar-refractivity contribution in [1.82, 2.24) is 20.9 Å². The minimum absolute atomic E-state index is 0.0485. The molecule has 0 fully saturated rings. The Balaban J connectivity index is 1.77. The first-order chi connectivity index (χ1) is 14.0. The number of nitrogens with zero attached hydrogens (tertiary/aromatic N) is 2. The summed E-state index contributed by atoms with van der Waals surface area (Å²) in [4.78, 5) is 33.8. The number of thiophene rings is 1. The molecule has 0 radical (unpaired) electrons. The molecular weight excluding hydrogens is 410 g/mol. The van der Waals surface area contributed by atoms with E-state index in [2.05, 4.69) is 25.9 Å². The molecule has 1 amide bonds. The van der Waals surface area contributed by atoms with Crippen LogP contribution in [0.2, 0.25) is 0 Å². The molecule has 0 saturated heterocycles. The van der Waals surface area contributed by atoms with Gasteiger partial charge in [0.15, 0.2) is 5.96 Å². The molecule has 3 N–H and O–H groups in total. The van der Waals surface area contributed by atoms with Crippen LogP contribution >= 0.6 is 22.7 Å². The quantitative estimate of drug-likeness (QED) is 0.241. The topological polar surface area (TPSA) is 105 Å². The number of guanidine groups is 1. The Bertz CT molecular complexity index is 833. The lowest BCUT2D eigenvalue weighted by atomic mass is 10.3. The van der Waals surface area contributed by atoms with Gasteiger partial charge in [0.25, 0.3) is 5.91 Å². The third-order valence-electron chi connectivity index (χ3n) is 3.90. The van der Waals surface area contributed by atoms with Gasteiger partial charge in [0.2, 0.25) is 0 Å². The fraction of sp³-hybridized carbons (Fsp3) is 0.474. The van der Waals surface area contributed by atoms with E-state index in [1.54, 1.807) is 27.0 Å². The zero-order valence-corrected chi connectivity index (χ0v) is 18.7. The monoisotopic (exact) mass is 437 g/mol. The summed E-state index contributed by atoms with van der Waals surface area (Å²) in [6.45, 7) is 7.11. The standard InChI is InChI=1S/C19H27N5O3S2/c1-5-27-18(26)15-12(2)23-17(29-15)13(3)24-19(20-4)22-10-7-9-21-16(25)14-8-6-11-28-14/h6,8,11,13H,5,7,9-10H2,1-4H3,(H,21,25)(H2,20,22,24). The van der Waals surface area contributed by atoms with Gasteiger partial charge in [-0.15, -0.1) is 22.7 Å². The second-order valence-electron chi connectivity index (χ2n) is 6.14. The number of thiazole rings is 1. The van der Waals surface area contributed by atoms with Crippen molar-refractivity contribution in [1.29, 1.82) is 0 Å². The number of carbonyl (C=O) groups is 2. The number of ether oxygens (including phenoxy) is 1. The van der Waals surface area contributed by atoms with E-state index < -0.39 is 0 Å². The Kier molecular flexibility index (Phi) is 9.07. The number of aryl methyl sites for hydroxylation is 1. The molecule has 2 aromatic rings. The Morgan fingerprint density at radius 3 is 2.72 bits per heavy atom. The van der Waals surface area contributed by atoms with Gasteiger partial charge < -0.3 is 20.7 Å². The highest BCUT2D eigenvalue weighted by molar-refractivity contribution is 7.13. The molecule has 158 valence electrons. The van der Waals surface area contributed by atoms with Crippen LogP contribution in [-0.4, -0.2) is 49.6 Å². The summed E-state index contributed by atoms with van der Waals surface area (Å²) in [5.74, 6) is 0.244. The molecule has 0 spiro atoms.